The van der Waals surface area contributed by atoms with Crippen LogP contribution in [-0.2, 0) is 36.3 Å². The van der Waals surface area contributed by atoms with E-state index in [0.717, 1.165) is 31.2 Å². The first kappa shape index (κ1) is 16.7. The van der Waals surface area contributed by atoms with E-state index in [9.17, 15) is 9.59 Å². The summed E-state index contributed by atoms with van der Waals surface area (Å²) in [5, 5.41) is 14.4. The normalized spacial score (nSPS) is 22.0. The number of amides is 3. The zero-order chi connectivity index (χ0) is 18.3. The largest absolute Gasteiger partial charge is 0.325 e. The number of carbonyl (C=O) groups excluding carboxylic acids is 2. The molecule has 1 saturated heterocycles. The van der Waals surface area contributed by atoms with E-state index >= 15 is 0 Å². The number of nitrogens with one attached hydrogen (secondary N) is 1. The van der Waals surface area contributed by atoms with E-state index in [1.807, 2.05) is 13.0 Å². The number of urea groups is 1. The Labute approximate surface area is 151 Å². The van der Waals surface area contributed by atoms with Crippen molar-refractivity contribution in [2.45, 2.75) is 58.2 Å². The second kappa shape index (κ2) is 6.19. The van der Waals surface area contributed by atoms with Crippen LogP contribution in [0.2, 0.25) is 0 Å². The van der Waals surface area contributed by atoms with Gasteiger partial charge in [0.1, 0.15) is 5.54 Å². The number of imide groups is 1. The van der Waals surface area contributed by atoms with Gasteiger partial charge in [0, 0.05) is 6.54 Å². The van der Waals surface area contributed by atoms with Crippen LogP contribution in [0, 0.1) is 0 Å². The van der Waals surface area contributed by atoms with Gasteiger partial charge in [-0.1, -0.05) is 25.1 Å². The molecule has 4 rings (SSSR count). The highest BCUT2D eigenvalue weighted by Gasteiger charge is 2.49. The summed E-state index contributed by atoms with van der Waals surface area (Å²) in [6, 6.07) is 5.68. The van der Waals surface area contributed by atoms with Crippen LogP contribution in [0.15, 0.2) is 18.2 Å². The summed E-state index contributed by atoms with van der Waals surface area (Å²) in [5.41, 5.74) is 2.38. The minimum Gasteiger partial charge on any atom is -0.319 e. The van der Waals surface area contributed by atoms with Crippen molar-refractivity contribution in [3.63, 3.8) is 0 Å². The van der Waals surface area contributed by atoms with Crippen molar-refractivity contribution >= 4 is 11.9 Å². The van der Waals surface area contributed by atoms with E-state index in [1.54, 1.807) is 11.6 Å². The lowest BCUT2D eigenvalue weighted by molar-refractivity contribution is -0.131. The van der Waals surface area contributed by atoms with Crippen molar-refractivity contribution in [3.05, 3.63) is 40.7 Å². The van der Waals surface area contributed by atoms with E-state index in [2.05, 4.69) is 33.0 Å². The van der Waals surface area contributed by atoms with E-state index in [4.69, 9.17) is 0 Å². The molecule has 26 heavy (non-hydrogen) atoms. The monoisotopic (exact) mass is 354 g/mol. The Morgan fingerprint density at radius 1 is 1.23 bits per heavy atom. The van der Waals surface area contributed by atoms with Crippen LogP contribution in [0.1, 0.15) is 49.2 Å². The van der Waals surface area contributed by atoms with Gasteiger partial charge >= 0.3 is 6.03 Å². The van der Waals surface area contributed by atoms with Crippen LogP contribution in [-0.4, -0.2) is 37.0 Å². The molecule has 1 atom stereocenters. The first-order valence-electron chi connectivity index (χ1n) is 9.04. The lowest BCUT2D eigenvalue weighted by Crippen LogP contribution is -2.41. The molecule has 1 aromatic heterocycles. The van der Waals surface area contributed by atoms with E-state index in [0.29, 0.717) is 12.4 Å². The third-order valence-electron chi connectivity index (χ3n) is 5.29. The number of nitrogens with zero attached hydrogens (tertiary/aromatic N) is 5. The molecule has 0 bridgehead atoms. The Balaban J connectivity index is 1.61. The van der Waals surface area contributed by atoms with Crippen molar-refractivity contribution in [1.29, 1.82) is 0 Å². The third kappa shape index (κ3) is 2.56. The lowest BCUT2D eigenvalue weighted by Gasteiger charge is -2.23. The maximum absolute atomic E-state index is 13.1. The van der Waals surface area contributed by atoms with Gasteiger partial charge in [-0.25, -0.2) is 9.48 Å². The average Bonchev–Trinajstić information content (AvgIpc) is 3.31. The third-order valence-corrected chi connectivity index (χ3v) is 5.29. The Kier molecular flexibility index (Phi) is 3.97. The van der Waals surface area contributed by atoms with Crippen molar-refractivity contribution < 1.29 is 9.59 Å². The van der Waals surface area contributed by atoms with Gasteiger partial charge < -0.3 is 5.32 Å². The van der Waals surface area contributed by atoms with E-state index in [1.165, 1.54) is 16.0 Å². The van der Waals surface area contributed by atoms with Crippen LogP contribution in [0.3, 0.4) is 0 Å². The molecule has 2 aromatic rings. The van der Waals surface area contributed by atoms with Crippen LogP contribution in [0.4, 0.5) is 4.79 Å². The molecule has 1 N–H and O–H groups in total. The van der Waals surface area contributed by atoms with Crippen molar-refractivity contribution in [1.82, 2.24) is 30.4 Å². The van der Waals surface area contributed by atoms with Crippen molar-refractivity contribution in [2.75, 3.05) is 0 Å². The molecule has 1 aliphatic heterocycles. The maximum Gasteiger partial charge on any atom is 0.325 e. The van der Waals surface area contributed by atoms with Gasteiger partial charge in [0.25, 0.3) is 5.91 Å². The molecular formula is C18H22N6O2. The van der Waals surface area contributed by atoms with Crippen molar-refractivity contribution in [2.24, 2.45) is 0 Å². The number of aryl methyl sites for hydroxylation is 3. The van der Waals surface area contributed by atoms with Gasteiger partial charge in [-0.15, -0.1) is 5.10 Å². The average molecular weight is 354 g/mol. The Hall–Kier alpha value is -2.77. The number of hydrogen-bond donors (Lipinski definition) is 1. The number of benzene rings is 1. The highest BCUT2D eigenvalue weighted by Crippen LogP contribution is 2.33. The Bertz CT molecular complexity index is 876. The summed E-state index contributed by atoms with van der Waals surface area (Å²) < 4.78 is 1.63. The van der Waals surface area contributed by atoms with E-state index in [-0.39, 0.29) is 12.5 Å². The van der Waals surface area contributed by atoms with Gasteiger partial charge in [-0.3, -0.25) is 9.69 Å². The minimum absolute atomic E-state index is 0.0677. The summed E-state index contributed by atoms with van der Waals surface area (Å²) in [4.78, 5) is 26.8. The van der Waals surface area contributed by atoms with Crippen LogP contribution >= 0.6 is 0 Å². The molecule has 0 spiro atoms. The van der Waals surface area contributed by atoms with Crippen molar-refractivity contribution in [3.8, 4) is 0 Å². The molecule has 1 aliphatic carbocycles. The fourth-order valence-corrected chi connectivity index (χ4v) is 3.78. The summed E-state index contributed by atoms with van der Waals surface area (Å²) in [5.74, 6) is 0.236. The molecule has 0 radical (unpaired) electrons. The lowest BCUT2D eigenvalue weighted by atomic mass is 9.89. The standard InChI is InChI=1S/C18H22N6O2/c1-3-9-24-15(20-21-22-24)11-23-16(25)18(2,19-17(23)26)14-8-7-12-5-4-6-13(12)10-14/h7-8,10H,3-6,9,11H2,1-2H3,(H,19,26)/t18-/m1/s1. The molecule has 1 aromatic carbocycles. The number of fused-ring (bicyclic) bond motifs is 1. The van der Waals surface area contributed by atoms with Gasteiger partial charge in [-0.2, -0.15) is 0 Å². The quantitative estimate of drug-likeness (QED) is 0.822. The van der Waals surface area contributed by atoms with Crippen LogP contribution < -0.4 is 5.32 Å². The summed E-state index contributed by atoms with van der Waals surface area (Å²) >= 11 is 0. The summed E-state index contributed by atoms with van der Waals surface area (Å²) in [7, 11) is 0. The molecular weight excluding hydrogens is 332 g/mol. The molecule has 8 heteroatoms. The van der Waals surface area contributed by atoms with E-state index < -0.39 is 11.6 Å². The summed E-state index contributed by atoms with van der Waals surface area (Å²) in [6.45, 7) is 4.50. The second-order valence-electron chi connectivity index (χ2n) is 7.10. The molecule has 0 saturated carbocycles. The number of aromatic nitrogens is 4. The zero-order valence-electron chi connectivity index (χ0n) is 15.0. The maximum atomic E-state index is 13.1. The number of rotatable bonds is 5. The van der Waals surface area contributed by atoms with Gasteiger partial charge in [-0.05, 0) is 59.7 Å². The second-order valence-corrected chi connectivity index (χ2v) is 7.10. The fourth-order valence-electron chi connectivity index (χ4n) is 3.78. The van der Waals surface area contributed by atoms with Crippen LogP contribution in [0.25, 0.3) is 0 Å². The topological polar surface area (TPSA) is 93.0 Å². The first-order valence-corrected chi connectivity index (χ1v) is 9.04. The van der Waals surface area contributed by atoms with Gasteiger partial charge in [0.15, 0.2) is 5.82 Å². The number of tetrazole rings is 1. The molecule has 1 fully saturated rings. The first-order chi connectivity index (χ1) is 12.5. The number of carbonyl (C=O) groups is 2. The molecule has 8 nitrogen and oxygen atoms in total. The fraction of sp³-hybridized carbons (Fsp3) is 0.500. The predicted molar refractivity (Wildman–Crippen MR) is 93.0 cm³/mol. The molecule has 2 aliphatic rings. The Morgan fingerprint density at radius 3 is 2.85 bits per heavy atom. The minimum atomic E-state index is -1.06. The van der Waals surface area contributed by atoms with Gasteiger partial charge in [0.05, 0.1) is 6.54 Å². The number of hydrogen-bond acceptors (Lipinski definition) is 5. The molecule has 0 unspecified atom stereocenters. The zero-order valence-corrected chi connectivity index (χ0v) is 15.0. The molecule has 136 valence electrons. The smallest absolute Gasteiger partial charge is 0.319 e. The Morgan fingerprint density at radius 2 is 2.04 bits per heavy atom. The van der Waals surface area contributed by atoms with Gasteiger partial charge in [0.2, 0.25) is 0 Å². The highest BCUT2D eigenvalue weighted by atomic mass is 16.2. The predicted octanol–water partition coefficient (Wildman–Crippen LogP) is 1.54. The van der Waals surface area contributed by atoms with Crippen LogP contribution in [0.5, 0.6) is 0 Å². The highest BCUT2D eigenvalue weighted by molar-refractivity contribution is 6.07. The summed E-state index contributed by atoms with van der Waals surface area (Å²) in [6.07, 6.45) is 4.11. The molecule has 2 heterocycles. The molecule has 3 amide bonds. The SMILES string of the molecule is CCCn1nnnc1CN1C(=O)N[C@](C)(c2ccc3c(c2)CCC3)C1=O.